The van der Waals surface area contributed by atoms with Crippen LogP contribution in [0, 0.1) is 12.7 Å². The topological polar surface area (TPSA) is 49.4 Å². The average molecular weight is 363 g/mol. The largest absolute Gasteiger partial charge is 0.354 e. The van der Waals surface area contributed by atoms with Crippen molar-refractivity contribution < 1.29 is 14.0 Å². The predicted molar refractivity (Wildman–Crippen MR) is 97.3 cm³/mol. The third-order valence-corrected chi connectivity index (χ3v) is 4.21. The molecule has 0 unspecified atom stereocenters. The summed E-state index contributed by atoms with van der Waals surface area (Å²) in [6.45, 7) is 3.59. The fourth-order valence-electron chi connectivity index (χ4n) is 2.33. The van der Waals surface area contributed by atoms with Crippen LogP contribution in [-0.4, -0.2) is 24.9 Å². The van der Waals surface area contributed by atoms with E-state index in [0.29, 0.717) is 23.7 Å². The Morgan fingerprint density at radius 3 is 2.44 bits per heavy atom. The Hall–Kier alpha value is -2.40. The molecule has 0 aliphatic rings. The number of rotatable bonds is 6. The van der Waals surface area contributed by atoms with Crippen LogP contribution in [0.15, 0.2) is 42.5 Å². The van der Waals surface area contributed by atoms with Gasteiger partial charge in [0, 0.05) is 24.2 Å². The van der Waals surface area contributed by atoms with Crippen molar-refractivity contribution in [1.82, 2.24) is 5.32 Å². The van der Waals surface area contributed by atoms with Crippen LogP contribution in [0.25, 0.3) is 0 Å². The van der Waals surface area contributed by atoms with Gasteiger partial charge in [-0.3, -0.25) is 9.59 Å². The number of anilines is 1. The summed E-state index contributed by atoms with van der Waals surface area (Å²) in [5.74, 6) is -0.802. The monoisotopic (exact) mass is 362 g/mol. The second-order valence-corrected chi connectivity index (χ2v) is 6.17. The zero-order valence-corrected chi connectivity index (χ0v) is 14.9. The summed E-state index contributed by atoms with van der Waals surface area (Å²) >= 11 is 6.10. The molecule has 25 heavy (non-hydrogen) atoms. The molecule has 0 aliphatic carbocycles. The summed E-state index contributed by atoms with van der Waals surface area (Å²) in [5, 5.41) is 3.31. The fourth-order valence-corrected chi connectivity index (χ4v) is 2.51. The third kappa shape index (κ3) is 5.57. The third-order valence-electron chi connectivity index (χ3n) is 3.80. The van der Waals surface area contributed by atoms with Crippen LogP contribution in [0.1, 0.15) is 18.1 Å². The summed E-state index contributed by atoms with van der Waals surface area (Å²) in [4.78, 5) is 25.4. The van der Waals surface area contributed by atoms with Gasteiger partial charge in [0.15, 0.2) is 0 Å². The van der Waals surface area contributed by atoms with Crippen molar-refractivity contribution in [1.29, 1.82) is 0 Å². The second-order valence-electron chi connectivity index (χ2n) is 5.77. The number of hydrogen-bond donors (Lipinski definition) is 1. The van der Waals surface area contributed by atoms with E-state index < -0.39 is 0 Å². The first-order valence-electron chi connectivity index (χ1n) is 7.92. The number of benzene rings is 2. The average Bonchev–Trinajstić information content (AvgIpc) is 2.57. The van der Waals surface area contributed by atoms with Gasteiger partial charge in [0.2, 0.25) is 11.8 Å². The number of carbonyl (C=O) groups excluding carboxylic acids is 2. The summed E-state index contributed by atoms with van der Waals surface area (Å²) in [5.41, 5.74) is 2.41. The van der Waals surface area contributed by atoms with Gasteiger partial charge in [-0.2, -0.15) is 0 Å². The molecule has 2 aromatic rings. The van der Waals surface area contributed by atoms with Crippen molar-refractivity contribution in [3.8, 4) is 0 Å². The van der Waals surface area contributed by atoms with E-state index in [1.54, 1.807) is 30.3 Å². The first-order chi connectivity index (χ1) is 11.9. The number of amides is 2. The quantitative estimate of drug-likeness (QED) is 0.855. The van der Waals surface area contributed by atoms with E-state index in [9.17, 15) is 14.0 Å². The van der Waals surface area contributed by atoms with Crippen molar-refractivity contribution >= 4 is 29.1 Å². The van der Waals surface area contributed by atoms with E-state index in [-0.39, 0.29) is 24.2 Å². The zero-order chi connectivity index (χ0) is 18.4. The minimum atomic E-state index is -0.290. The van der Waals surface area contributed by atoms with E-state index in [2.05, 4.69) is 5.32 Å². The number of aryl methyl sites for hydroxylation is 1. The van der Waals surface area contributed by atoms with Crippen LogP contribution < -0.4 is 10.2 Å². The van der Waals surface area contributed by atoms with Crippen LogP contribution in [-0.2, 0) is 16.0 Å². The highest BCUT2D eigenvalue weighted by molar-refractivity contribution is 6.31. The van der Waals surface area contributed by atoms with Gasteiger partial charge in [0.1, 0.15) is 12.4 Å². The molecule has 0 saturated carbocycles. The predicted octanol–water partition coefficient (Wildman–Crippen LogP) is 3.50. The Balaban J connectivity index is 1.92. The van der Waals surface area contributed by atoms with Crippen molar-refractivity contribution in [2.75, 3.05) is 18.0 Å². The lowest BCUT2D eigenvalue weighted by atomic mass is 10.1. The molecular weight excluding hydrogens is 343 g/mol. The molecule has 2 aromatic carbocycles. The van der Waals surface area contributed by atoms with Gasteiger partial charge in [0.25, 0.3) is 0 Å². The molecule has 6 heteroatoms. The molecule has 4 nitrogen and oxygen atoms in total. The molecule has 0 saturated heterocycles. The fraction of sp³-hybridized carbons (Fsp3) is 0.263. The highest BCUT2D eigenvalue weighted by Crippen LogP contribution is 2.23. The van der Waals surface area contributed by atoms with Gasteiger partial charge >= 0.3 is 0 Å². The van der Waals surface area contributed by atoms with E-state index in [1.807, 2.05) is 6.92 Å². The molecule has 2 rings (SSSR count). The number of hydrogen-bond acceptors (Lipinski definition) is 2. The van der Waals surface area contributed by atoms with Crippen molar-refractivity contribution in [2.45, 2.75) is 20.3 Å². The molecule has 0 heterocycles. The van der Waals surface area contributed by atoms with Crippen LogP contribution in [0.2, 0.25) is 5.02 Å². The number of halogens is 2. The van der Waals surface area contributed by atoms with Crippen molar-refractivity contribution in [3.05, 3.63) is 64.4 Å². The highest BCUT2D eigenvalue weighted by atomic mass is 35.5. The Bertz CT molecular complexity index is 763. The van der Waals surface area contributed by atoms with Gasteiger partial charge in [-0.05, 0) is 48.7 Å². The lowest BCUT2D eigenvalue weighted by Crippen LogP contribution is -2.40. The first-order valence-corrected chi connectivity index (χ1v) is 8.30. The van der Waals surface area contributed by atoms with Crippen LogP contribution in [0.4, 0.5) is 10.1 Å². The normalized spacial score (nSPS) is 10.4. The van der Waals surface area contributed by atoms with Crippen LogP contribution in [0.3, 0.4) is 0 Å². The van der Waals surface area contributed by atoms with Gasteiger partial charge in [-0.25, -0.2) is 4.39 Å². The minimum Gasteiger partial charge on any atom is -0.354 e. The van der Waals surface area contributed by atoms with Gasteiger partial charge in [-0.15, -0.1) is 0 Å². The lowest BCUT2D eigenvalue weighted by Gasteiger charge is -2.21. The first kappa shape index (κ1) is 18.9. The molecule has 0 aromatic heterocycles. The van der Waals surface area contributed by atoms with Gasteiger partial charge in [0.05, 0.1) is 0 Å². The molecular formula is C19H20ClFN2O2. The summed E-state index contributed by atoms with van der Waals surface area (Å²) in [7, 11) is 0. The van der Waals surface area contributed by atoms with Crippen LogP contribution >= 0.6 is 11.6 Å². The molecule has 0 atom stereocenters. The number of carbonyl (C=O) groups is 2. The summed E-state index contributed by atoms with van der Waals surface area (Å²) < 4.78 is 12.9. The molecule has 0 spiro atoms. The van der Waals surface area contributed by atoms with Crippen molar-refractivity contribution in [2.24, 2.45) is 0 Å². The van der Waals surface area contributed by atoms with Crippen molar-refractivity contribution in [3.63, 3.8) is 0 Å². The Labute approximate surface area is 151 Å². The second kappa shape index (κ2) is 8.62. The lowest BCUT2D eigenvalue weighted by molar-refractivity contribution is -0.123. The summed E-state index contributed by atoms with van der Waals surface area (Å²) in [6.07, 6.45) is 0.586. The molecule has 0 radical (unpaired) electrons. The molecule has 132 valence electrons. The van der Waals surface area contributed by atoms with E-state index >= 15 is 0 Å². The Morgan fingerprint density at radius 2 is 1.84 bits per heavy atom. The maximum Gasteiger partial charge on any atom is 0.240 e. The molecule has 0 fully saturated rings. The maximum absolute atomic E-state index is 12.9. The highest BCUT2D eigenvalue weighted by Gasteiger charge is 2.16. The SMILES string of the molecule is CC(=O)N(CC(=O)NCCc1ccc(F)cc1)c1ccc(C)c(Cl)c1. The Morgan fingerprint density at radius 1 is 1.16 bits per heavy atom. The zero-order valence-electron chi connectivity index (χ0n) is 14.2. The van der Waals surface area contributed by atoms with E-state index in [1.165, 1.54) is 24.0 Å². The number of nitrogens with zero attached hydrogens (tertiary/aromatic N) is 1. The van der Waals surface area contributed by atoms with E-state index in [4.69, 9.17) is 11.6 Å². The summed E-state index contributed by atoms with van der Waals surface area (Å²) in [6, 6.07) is 11.4. The smallest absolute Gasteiger partial charge is 0.240 e. The Kier molecular flexibility index (Phi) is 6.53. The van der Waals surface area contributed by atoms with Gasteiger partial charge < -0.3 is 10.2 Å². The van der Waals surface area contributed by atoms with E-state index in [0.717, 1.165) is 11.1 Å². The molecule has 0 bridgehead atoms. The molecule has 2 amide bonds. The molecule has 1 N–H and O–H groups in total. The van der Waals surface area contributed by atoms with Crippen LogP contribution in [0.5, 0.6) is 0 Å². The molecule has 0 aliphatic heterocycles. The maximum atomic E-state index is 12.9. The van der Waals surface area contributed by atoms with Gasteiger partial charge in [-0.1, -0.05) is 29.8 Å². The standard InChI is InChI=1S/C19H20ClFN2O2/c1-13-3-8-17(11-18(13)20)23(14(2)24)12-19(25)22-10-9-15-4-6-16(21)7-5-15/h3-8,11H,9-10,12H2,1-2H3,(H,22,25). The number of nitrogens with one attached hydrogen (secondary N) is 1. The minimum absolute atomic E-state index is 0.0852.